The second kappa shape index (κ2) is 9.46. The van der Waals surface area contributed by atoms with E-state index in [0.29, 0.717) is 11.3 Å². The highest BCUT2D eigenvalue weighted by Crippen LogP contribution is 2.28. The number of piperazine rings is 1. The zero-order valence-corrected chi connectivity index (χ0v) is 19.1. The topological polar surface area (TPSA) is 96.7 Å². The number of amides is 2. The van der Waals surface area contributed by atoms with Crippen molar-refractivity contribution in [2.75, 3.05) is 31.5 Å². The van der Waals surface area contributed by atoms with Crippen molar-refractivity contribution < 1.29 is 18.8 Å². The molecule has 0 unspecified atom stereocenters. The number of hydrogen-bond donors (Lipinski definition) is 2. The number of anilines is 1. The van der Waals surface area contributed by atoms with E-state index in [9.17, 15) is 9.59 Å². The summed E-state index contributed by atoms with van der Waals surface area (Å²) in [6.07, 6.45) is -0.602. The fourth-order valence-electron chi connectivity index (χ4n) is 3.59. The molecule has 33 heavy (non-hydrogen) atoms. The molecule has 1 saturated heterocycles. The first-order valence-electron chi connectivity index (χ1n) is 11.0. The van der Waals surface area contributed by atoms with Crippen LogP contribution in [0.15, 0.2) is 59.1 Å². The third-order valence-electron chi connectivity index (χ3n) is 5.16. The van der Waals surface area contributed by atoms with Crippen LogP contribution in [-0.4, -0.2) is 53.8 Å². The monoisotopic (exact) mass is 448 g/mol. The van der Waals surface area contributed by atoms with Crippen LogP contribution >= 0.6 is 0 Å². The van der Waals surface area contributed by atoms with E-state index < -0.39 is 11.7 Å². The minimum atomic E-state index is -0.605. The van der Waals surface area contributed by atoms with Gasteiger partial charge in [0.2, 0.25) is 5.88 Å². The lowest BCUT2D eigenvalue weighted by molar-refractivity contribution is 0.0630. The largest absolute Gasteiger partial charge is 0.444 e. The third-order valence-corrected chi connectivity index (χ3v) is 5.16. The molecule has 2 N–H and O–H groups in total. The van der Waals surface area contributed by atoms with Gasteiger partial charge in [0.05, 0.1) is 0 Å². The molecule has 2 amide bonds. The molecular formula is C25H28N4O4. The Morgan fingerprint density at radius 3 is 2.39 bits per heavy atom. The molecule has 0 saturated carbocycles. The number of aromatic nitrogens is 1. The Balaban J connectivity index is 1.46. The smallest absolute Gasteiger partial charge is 0.414 e. The lowest BCUT2D eigenvalue weighted by atomic mass is 10.0. The maximum atomic E-state index is 12.7. The van der Waals surface area contributed by atoms with Crippen molar-refractivity contribution in [2.24, 2.45) is 0 Å². The number of ether oxygens (including phenoxy) is 1. The van der Waals surface area contributed by atoms with Crippen molar-refractivity contribution in [3.8, 4) is 22.4 Å². The van der Waals surface area contributed by atoms with Gasteiger partial charge in [0, 0.05) is 43.4 Å². The van der Waals surface area contributed by atoms with Gasteiger partial charge in [0.25, 0.3) is 5.91 Å². The van der Waals surface area contributed by atoms with Crippen LogP contribution in [0.1, 0.15) is 31.1 Å². The summed E-state index contributed by atoms with van der Waals surface area (Å²) in [6.45, 7) is 8.48. The minimum absolute atomic E-state index is 0.0596. The lowest BCUT2D eigenvalue weighted by Crippen LogP contribution is -2.46. The number of carbonyl (C=O) groups excluding carboxylic acids is 2. The molecule has 4 rings (SSSR count). The van der Waals surface area contributed by atoms with Gasteiger partial charge in [-0.15, -0.1) is 0 Å². The Hall–Kier alpha value is -3.65. The zero-order valence-electron chi connectivity index (χ0n) is 19.1. The average Bonchev–Trinajstić information content (AvgIpc) is 3.26. The van der Waals surface area contributed by atoms with Crippen molar-refractivity contribution in [3.63, 3.8) is 0 Å². The summed E-state index contributed by atoms with van der Waals surface area (Å²) >= 11 is 0. The Morgan fingerprint density at radius 2 is 1.70 bits per heavy atom. The van der Waals surface area contributed by atoms with Crippen LogP contribution in [0.2, 0.25) is 0 Å². The van der Waals surface area contributed by atoms with Gasteiger partial charge < -0.3 is 19.5 Å². The molecule has 1 aromatic heterocycles. The highest BCUT2D eigenvalue weighted by molar-refractivity contribution is 5.95. The summed E-state index contributed by atoms with van der Waals surface area (Å²) in [5.41, 5.74) is 3.49. The summed E-state index contributed by atoms with van der Waals surface area (Å²) in [7, 11) is 0. The minimum Gasteiger partial charge on any atom is -0.444 e. The van der Waals surface area contributed by atoms with Crippen LogP contribution in [0.25, 0.3) is 22.4 Å². The Kier molecular flexibility index (Phi) is 6.46. The van der Waals surface area contributed by atoms with E-state index in [-0.39, 0.29) is 11.8 Å². The first kappa shape index (κ1) is 22.5. The first-order valence-corrected chi connectivity index (χ1v) is 11.0. The molecule has 8 heteroatoms. The van der Waals surface area contributed by atoms with Gasteiger partial charge in [-0.2, -0.15) is 0 Å². The molecule has 172 valence electrons. The fourth-order valence-corrected chi connectivity index (χ4v) is 3.59. The maximum absolute atomic E-state index is 12.7. The second-order valence-corrected chi connectivity index (χ2v) is 8.90. The molecule has 0 bridgehead atoms. The molecule has 2 aromatic carbocycles. The van der Waals surface area contributed by atoms with Crippen LogP contribution in [0.4, 0.5) is 10.7 Å². The molecule has 1 aliphatic rings. The van der Waals surface area contributed by atoms with Crippen LogP contribution in [0.5, 0.6) is 0 Å². The van der Waals surface area contributed by atoms with E-state index in [0.717, 1.165) is 42.9 Å². The fraction of sp³-hybridized carbons (Fsp3) is 0.320. The first-order chi connectivity index (χ1) is 15.8. The number of rotatable bonds is 4. The van der Waals surface area contributed by atoms with E-state index in [1.54, 1.807) is 26.8 Å². The van der Waals surface area contributed by atoms with Crippen molar-refractivity contribution >= 4 is 17.9 Å². The number of nitrogens with one attached hydrogen (secondary N) is 2. The van der Waals surface area contributed by atoms with Gasteiger partial charge in [-0.05, 0) is 50.1 Å². The van der Waals surface area contributed by atoms with E-state index in [4.69, 9.17) is 9.26 Å². The molecule has 0 atom stereocenters. The quantitative estimate of drug-likeness (QED) is 0.614. The van der Waals surface area contributed by atoms with E-state index >= 15 is 0 Å². The summed E-state index contributed by atoms with van der Waals surface area (Å²) in [6, 6.07) is 17.1. The van der Waals surface area contributed by atoms with Gasteiger partial charge in [-0.1, -0.05) is 35.5 Å². The van der Waals surface area contributed by atoms with Gasteiger partial charge in [0.1, 0.15) is 11.3 Å². The summed E-state index contributed by atoms with van der Waals surface area (Å²) < 4.78 is 10.5. The van der Waals surface area contributed by atoms with Crippen molar-refractivity contribution in [2.45, 2.75) is 26.4 Å². The third kappa shape index (κ3) is 5.78. The maximum Gasteiger partial charge on any atom is 0.414 e. The van der Waals surface area contributed by atoms with Crippen molar-refractivity contribution in [1.29, 1.82) is 0 Å². The summed E-state index contributed by atoms with van der Waals surface area (Å²) in [5.74, 6) is 0.268. The molecule has 0 spiro atoms. The lowest BCUT2D eigenvalue weighted by Gasteiger charge is -2.27. The highest BCUT2D eigenvalue weighted by atomic mass is 16.6. The molecule has 8 nitrogen and oxygen atoms in total. The molecular weight excluding hydrogens is 420 g/mol. The molecule has 0 aliphatic carbocycles. The van der Waals surface area contributed by atoms with Gasteiger partial charge >= 0.3 is 6.09 Å². The molecule has 2 heterocycles. The summed E-state index contributed by atoms with van der Waals surface area (Å²) in [5, 5.41) is 9.87. The second-order valence-electron chi connectivity index (χ2n) is 8.90. The summed E-state index contributed by atoms with van der Waals surface area (Å²) in [4.78, 5) is 26.5. The average molecular weight is 449 g/mol. The van der Waals surface area contributed by atoms with Crippen LogP contribution in [-0.2, 0) is 4.74 Å². The number of benzene rings is 2. The zero-order chi connectivity index (χ0) is 23.4. The van der Waals surface area contributed by atoms with Crippen molar-refractivity contribution in [1.82, 2.24) is 15.4 Å². The van der Waals surface area contributed by atoms with Crippen LogP contribution < -0.4 is 10.6 Å². The number of hydrogen-bond acceptors (Lipinski definition) is 6. The molecule has 1 aliphatic heterocycles. The van der Waals surface area contributed by atoms with Crippen molar-refractivity contribution in [3.05, 3.63) is 60.2 Å². The predicted molar refractivity (Wildman–Crippen MR) is 126 cm³/mol. The Labute approximate surface area is 192 Å². The molecule has 0 radical (unpaired) electrons. The standard InChI is InChI=1S/C25H28N4O4/c1-25(2,3)32-24(31)27-22-16-21(28-33-22)20-6-4-5-19(15-20)17-7-9-18(10-8-17)23(30)29-13-11-26-12-14-29/h4-10,15-16,26H,11-14H2,1-3H3,(H,27,31). The van der Waals surface area contributed by atoms with Gasteiger partial charge in [0.15, 0.2) is 0 Å². The Morgan fingerprint density at radius 1 is 1.00 bits per heavy atom. The normalized spacial score (nSPS) is 14.1. The number of nitrogens with zero attached hydrogens (tertiary/aromatic N) is 2. The SMILES string of the molecule is CC(C)(C)OC(=O)Nc1cc(-c2cccc(-c3ccc(C(=O)N4CCNCC4)cc3)c2)no1. The van der Waals surface area contributed by atoms with E-state index in [1.807, 2.05) is 53.4 Å². The Bertz CT molecular complexity index is 1130. The van der Waals surface area contributed by atoms with Crippen LogP contribution in [0.3, 0.4) is 0 Å². The predicted octanol–water partition coefficient (Wildman–Crippen LogP) is 4.40. The van der Waals surface area contributed by atoms with E-state index in [2.05, 4.69) is 15.8 Å². The highest BCUT2D eigenvalue weighted by Gasteiger charge is 2.19. The van der Waals surface area contributed by atoms with Gasteiger partial charge in [-0.3, -0.25) is 10.1 Å². The molecule has 1 fully saturated rings. The van der Waals surface area contributed by atoms with Gasteiger partial charge in [-0.25, -0.2) is 4.79 Å². The van der Waals surface area contributed by atoms with E-state index in [1.165, 1.54) is 0 Å². The molecule has 3 aromatic rings. The number of carbonyl (C=O) groups is 2. The van der Waals surface area contributed by atoms with Crippen LogP contribution in [0, 0.1) is 0 Å².